The third kappa shape index (κ3) is 7.90. The maximum Gasteiger partial charge on any atom is 0.0234 e. The lowest BCUT2D eigenvalue weighted by molar-refractivity contribution is 0.260. The van der Waals surface area contributed by atoms with Crippen LogP contribution in [0.3, 0.4) is 0 Å². The molecule has 130 valence electrons. The summed E-state index contributed by atoms with van der Waals surface area (Å²) in [7, 11) is 0. The van der Waals surface area contributed by atoms with Crippen LogP contribution < -0.4 is 21.7 Å². The first-order chi connectivity index (χ1) is 11.4. The Balaban J connectivity index is 1.81. The fourth-order valence-corrected chi connectivity index (χ4v) is 2.86. The molecule has 0 amide bonds. The maximum absolute atomic E-state index is 5.68. The Morgan fingerprint density at radius 3 is 2.04 bits per heavy atom. The van der Waals surface area contributed by atoms with E-state index >= 15 is 0 Å². The smallest absolute Gasteiger partial charge is 0.0234 e. The average Bonchev–Trinajstić information content (AvgIpc) is 2.59. The van der Waals surface area contributed by atoms with Crippen LogP contribution >= 0.6 is 0 Å². The molecular formula is C18H33N5. The summed E-state index contributed by atoms with van der Waals surface area (Å²) in [5.41, 5.74) is 8.25. The van der Waals surface area contributed by atoms with Gasteiger partial charge in [-0.3, -0.25) is 4.90 Å². The van der Waals surface area contributed by atoms with Gasteiger partial charge in [0.05, 0.1) is 0 Å². The first-order valence-electron chi connectivity index (χ1n) is 9.01. The van der Waals surface area contributed by atoms with Gasteiger partial charge in [-0.05, 0) is 50.1 Å². The molecule has 0 unspecified atom stereocenters. The highest BCUT2D eigenvalue weighted by Crippen LogP contribution is 2.07. The Hall–Kier alpha value is -0.980. The van der Waals surface area contributed by atoms with E-state index in [4.69, 9.17) is 5.73 Å². The van der Waals surface area contributed by atoms with Crippen molar-refractivity contribution in [2.75, 3.05) is 52.4 Å². The van der Waals surface area contributed by atoms with Gasteiger partial charge in [-0.2, -0.15) is 0 Å². The maximum atomic E-state index is 5.68. The molecule has 0 radical (unpaired) electrons. The monoisotopic (exact) mass is 319 g/mol. The molecule has 5 nitrogen and oxygen atoms in total. The van der Waals surface area contributed by atoms with Crippen molar-refractivity contribution in [3.05, 3.63) is 35.4 Å². The molecule has 0 atom stereocenters. The van der Waals surface area contributed by atoms with E-state index in [1.54, 1.807) is 0 Å². The zero-order valence-corrected chi connectivity index (χ0v) is 14.3. The first kappa shape index (κ1) is 18.4. The van der Waals surface area contributed by atoms with Crippen molar-refractivity contribution in [2.45, 2.75) is 25.9 Å². The molecule has 0 spiro atoms. The van der Waals surface area contributed by atoms with Gasteiger partial charge in [0.25, 0.3) is 0 Å². The van der Waals surface area contributed by atoms with E-state index in [-0.39, 0.29) is 0 Å². The van der Waals surface area contributed by atoms with Crippen LogP contribution in [0.5, 0.6) is 0 Å². The van der Waals surface area contributed by atoms with Gasteiger partial charge in [0.2, 0.25) is 0 Å². The van der Waals surface area contributed by atoms with Gasteiger partial charge in [0.15, 0.2) is 0 Å². The number of hydrogen-bond acceptors (Lipinski definition) is 5. The molecule has 1 saturated heterocycles. The summed E-state index contributed by atoms with van der Waals surface area (Å²) in [6.07, 6.45) is 2.39. The molecule has 5 N–H and O–H groups in total. The molecule has 1 aliphatic heterocycles. The summed E-state index contributed by atoms with van der Waals surface area (Å²) in [5, 5.41) is 10.5. The van der Waals surface area contributed by atoms with E-state index in [2.05, 4.69) is 45.1 Å². The van der Waals surface area contributed by atoms with Gasteiger partial charge in [-0.15, -0.1) is 0 Å². The lowest BCUT2D eigenvalue weighted by atomic mass is 10.1. The molecule has 1 heterocycles. The van der Waals surface area contributed by atoms with Gasteiger partial charge >= 0.3 is 0 Å². The largest absolute Gasteiger partial charge is 0.326 e. The molecular weight excluding hydrogens is 286 g/mol. The normalized spacial score (nSPS) is 20.0. The van der Waals surface area contributed by atoms with Crippen LogP contribution in [0.15, 0.2) is 24.3 Å². The molecule has 1 aliphatic rings. The van der Waals surface area contributed by atoms with E-state index in [1.807, 2.05) is 0 Å². The summed E-state index contributed by atoms with van der Waals surface area (Å²) in [6, 6.07) is 8.72. The van der Waals surface area contributed by atoms with Crippen molar-refractivity contribution in [3.63, 3.8) is 0 Å². The van der Waals surface area contributed by atoms with Crippen molar-refractivity contribution in [1.82, 2.24) is 20.9 Å². The molecule has 1 aromatic rings. The summed E-state index contributed by atoms with van der Waals surface area (Å²) < 4.78 is 0. The van der Waals surface area contributed by atoms with Crippen molar-refractivity contribution < 1.29 is 0 Å². The molecule has 0 aliphatic carbocycles. The van der Waals surface area contributed by atoms with E-state index in [9.17, 15) is 0 Å². The van der Waals surface area contributed by atoms with E-state index in [0.29, 0.717) is 6.54 Å². The van der Waals surface area contributed by atoms with Gasteiger partial charge < -0.3 is 21.7 Å². The van der Waals surface area contributed by atoms with Crippen molar-refractivity contribution in [3.8, 4) is 0 Å². The minimum Gasteiger partial charge on any atom is -0.326 e. The van der Waals surface area contributed by atoms with E-state index in [1.165, 1.54) is 24.0 Å². The van der Waals surface area contributed by atoms with Gasteiger partial charge in [-0.1, -0.05) is 24.3 Å². The third-order valence-electron chi connectivity index (χ3n) is 4.28. The second-order valence-electron chi connectivity index (χ2n) is 6.25. The zero-order valence-electron chi connectivity index (χ0n) is 14.3. The van der Waals surface area contributed by atoms with Crippen LogP contribution in [0.1, 0.15) is 24.0 Å². The molecule has 0 bridgehead atoms. The number of hydrogen-bond donors (Lipinski definition) is 4. The van der Waals surface area contributed by atoms with Crippen LogP contribution in [-0.4, -0.2) is 57.3 Å². The summed E-state index contributed by atoms with van der Waals surface area (Å²) in [4.78, 5) is 2.55. The number of benzene rings is 1. The van der Waals surface area contributed by atoms with Gasteiger partial charge in [0, 0.05) is 39.3 Å². The van der Waals surface area contributed by atoms with Crippen LogP contribution in [0.25, 0.3) is 0 Å². The predicted molar refractivity (Wildman–Crippen MR) is 97.5 cm³/mol. The Labute approximate surface area is 141 Å². The van der Waals surface area contributed by atoms with Crippen LogP contribution in [0.2, 0.25) is 0 Å². The summed E-state index contributed by atoms with van der Waals surface area (Å²) >= 11 is 0. The molecule has 2 rings (SSSR count). The van der Waals surface area contributed by atoms with Crippen LogP contribution in [0.4, 0.5) is 0 Å². The van der Waals surface area contributed by atoms with E-state index in [0.717, 1.165) is 58.9 Å². The molecule has 5 heteroatoms. The van der Waals surface area contributed by atoms with Gasteiger partial charge in [-0.25, -0.2) is 0 Å². The highest BCUT2D eigenvalue weighted by atomic mass is 15.1. The number of rotatable bonds is 3. The summed E-state index contributed by atoms with van der Waals surface area (Å²) in [6.45, 7) is 10.4. The van der Waals surface area contributed by atoms with E-state index < -0.39 is 0 Å². The third-order valence-corrected chi connectivity index (χ3v) is 4.28. The standard InChI is InChI=1S/C18H33N5/c19-15-17-3-5-18(6-4-17)16-23-13-2-9-21-11-10-20-7-1-8-22-12-14-23/h3-6,20-22H,1-2,7-16,19H2. The Morgan fingerprint density at radius 1 is 0.739 bits per heavy atom. The Kier molecular flexibility index (Phi) is 9.21. The Bertz CT molecular complexity index is 392. The van der Waals surface area contributed by atoms with Crippen molar-refractivity contribution in [2.24, 2.45) is 5.73 Å². The molecule has 0 aromatic heterocycles. The SMILES string of the molecule is NCc1ccc(CN2CCCNCCNCCCNCC2)cc1. The number of nitrogens with one attached hydrogen (secondary N) is 3. The summed E-state index contributed by atoms with van der Waals surface area (Å²) in [5.74, 6) is 0. The molecule has 0 saturated carbocycles. The first-order valence-corrected chi connectivity index (χ1v) is 9.01. The lowest BCUT2D eigenvalue weighted by Crippen LogP contribution is -2.36. The lowest BCUT2D eigenvalue weighted by Gasteiger charge is -2.23. The number of nitrogens with two attached hydrogens (primary N) is 1. The predicted octanol–water partition coefficient (Wildman–Crippen LogP) is 0.510. The molecule has 23 heavy (non-hydrogen) atoms. The fourth-order valence-electron chi connectivity index (χ4n) is 2.86. The highest BCUT2D eigenvalue weighted by molar-refractivity contribution is 5.22. The van der Waals surface area contributed by atoms with Crippen LogP contribution in [0, 0.1) is 0 Å². The molecule has 1 fully saturated rings. The second kappa shape index (κ2) is 11.5. The quantitative estimate of drug-likeness (QED) is 0.654. The van der Waals surface area contributed by atoms with Crippen molar-refractivity contribution in [1.29, 1.82) is 0 Å². The highest BCUT2D eigenvalue weighted by Gasteiger charge is 2.06. The average molecular weight is 319 g/mol. The topological polar surface area (TPSA) is 65.3 Å². The number of nitrogens with zero attached hydrogens (tertiary/aromatic N) is 1. The minimum absolute atomic E-state index is 0.619. The molecule has 1 aromatic carbocycles. The zero-order chi connectivity index (χ0) is 16.2. The fraction of sp³-hybridized carbons (Fsp3) is 0.667. The Morgan fingerprint density at radius 2 is 1.35 bits per heavy atom. The van der Waals surface area contributed by atoms with Crippen molar-refractivity contribution >= 4 is 0 Å². The minimum atomic E-state index is 0.619. The second-order valence-corrected chi connectivity index (χ2v) is 6.25. The van der Waals surface area contributed by atoms with Crippen LogP contribution in [-0.2, 0) is 13.1 Å². The van der Waals surface area contributed by atoms with Gasteiger partial charge in [0.1, 0.15) is 0 Å².